The fourth-order valence-corrected chi connectivity index (χ4v) is 3.01. The Hall–Kier alpha value is -2.04. The molecule has 1 saturated carbocycles. The maximum absolute atomic E-state index is 10.9. The Morgan fingerprint density at radius 3 is 2.81 bits per heavy atom. The second-order valence-corrected chi connectivity index (χ2v) is 5.78. The van der Waals surface area contributed by atoms with E-state index in [0.717, 1.165) is 18.8 Å². The van der Waals surface area contributed by atoms with Crippen LogP contribution in [-0.2, 0) is 0 Å². The summed E-state index contributed by atoms with van der Waals surface area (Å²) in [6.45, 7) is 2.25. The number of carboxylic acids is 1. The number of fused-ring (bicyclic) bond motifs is 1. The van der Waals surface area contributed by atoms with Crippen LogP contribution in [0.2, 0.25) is 0 Å². The molecule has 0 unspecified atom stereocenters. The van der Waals surface area contributed by atoms with Gasteiger partial charge >= 0.3 is 5.97 Å². The summed E-state index contributed by atoms with van der Waals surface area (Å²) in [4.78, 5) is 15.3. The molecule has 2 N–H and O–H groups in total. The van der Waals surface area contributed by atoms with Gasteiger partial charge in [-0.05, 0) is 49.8 Å². The van der Waals surface area contributed by atoms with E-state index in [2.05, 4.69) is 17.2 Å². The van der Waals surface area contributed by atoms with Crippen molar-refractivity contribution in [3.63, 3.8) is 0 Å². The molecule has 5 heteroatoms. The standard InChI is InChI=1S/C16H20N2O3/c1-2-10-3-6-12(7-4-10)17-16-18-13-8-5-11(15(19)20)9-14(13)21-16/h5,8-10,12H,2-4,6-7H2,1H3,(H,17,18)(H,19,20). The first-order chi connectivity index (χ1) is 10.2. The number of oxazole rings is 1. The number of hydrogen-bond donors (Lipinski definition) is 2. The van der Waals surface area contributed by atoms with Gasteiger partial charge in [0.05, 0.1) is 5.56 Å². The Morgan fingerprint density at radius 1 is 1.38 bits per heavy atom. The lowest BCUT2D eigenvalue weighted by Gasteiger charge is -2.27. The number of carboxylic acid groups (broad SMARTS) is 1. The lowest BCUT2D eigenvalue weighted by atomic mass is 9.85. The fourth-order valence-electron chi connectivity index (χ4n) is 3.01. The van der Waals surface area contributed by atoms with Crippen LogP contribution in [0.4, 0.5) is 6.01 Å². The molecule has 1 aliphatic carbocycles. The smallest absolute Gasteiger partial charge is 0.335 e. The van der Waals surface area contributed by atoms with Gasteiger partial charge in [0.25, 0.3) is 6.01 Å². The minimum absolute atomic E-state index is 0.216. The van der Waals surface area contributed by atoms with Crippen LogP contribution in [0.15, 0.2) is 22.6 Å². The topological polar surface area (TPSA) is 75.4 Å². The van der Waals surface area contributed by atoms with E-state index >= 15 is 0 Å². The summed E-state index contributed by atoms with van der Waals surface area (Å²) in [5, 5.41) is 12.3. The average Bonchev–Trinajstić information content (AvgIpc) is 2.89. The summed E-state index contributed by atoms with van der Waals surface area (Å²) < 4.78 is 5.63. The highest BCUT2D eigenvalue weighted by Crippen LogP contribution is 2.29. The SMILES string of the molecule is CCC1CCC(Nc2nc3ccc(C(=O)O)cc3o2)CC1. The highest BCUT2D eigenvalue weighted by atomic mass is 16.4. The van der Waals surface area contributed by atoms with Crippen LogP contribution < -0.4 is 5.32 Å². The first kappa shape index (κ1) is 13.9. The van der Waals surface area contributed by atoms with E-state index in [-0.39, 0.29) is 5.56 Å². The molecule has 0 spiro atoms. The van der Waals surface area contributed by atoms with Gasteiger partial charge in [0.2, 0.25) is 0 Å². The van der Waals surface area contributed by atoms with Crippen molar-refractivity contribution in [2.45, 2.75) is 45.1 Å². The third-order valence-electron chi connectivity index (χ3n) is 4.39. The van der Waals surface area contributed by atoms with Gasteiger partial charge < -0.3 is 14.8 Å². The number of hydrogen-bond acceptors (Lipinski definition) is 4. The lowest BCUT2D eigenvalue weighted by molar-refractivity contribution is 0.0697. The van der Waals surface area contributed by atoms with Crippen LogP contribution in [-0.4, -0.2) is 22.1 Å². The number of benzene rings is 1. The zero-order chi connectivity index (χ0) is 14.8. The summed E-state index contributed by atoms with van der Waals surface area (Å²) in [5.41, 5.74) is 1.41. The van der Waals surface area contributed by atoms with Gasteiger partial charge in [0.1, 0.15) is 5.52 Å². The van der Waals surface area contributed by atoms with Crippen molar-refractivity contribution in [1.82, 2.24) is 4.98 Å². The number of aromatic carboxylic acids is 1. The van der Waals surface area contributed by atoms with Crippen LogP contribution in [0, 0.1) is 5.92 Å². The number of rotatable bonds is 4. The maximum atomic E-state index is 10.9. The van der Waals surface area contributed by atoms with Crippen molar-refractivity contribution in [2.75, 3.05) is 5.32 Å². The first-order valence-corrected chi connectivity index (χ1v) is 7.56. The predicted molar refractivity (Wildman–Crippen MR) is 80.6 cm³/mol. The van der Waals surface area contributed by atoms with Gasteiger partial charge in [-0.15, -0.1) is 0 Å². The van der Waals surface area contributed by atoms with E-state index in [0.29, 0.717) is 23.2 Å². The maximum Gasteiger partial charge on any atom is 0.335 e. The predicted octanol–water partition coefficient (Wildman–Crippen LogP) is 3.91. The normalized spacial score (nSPS) is 22.3. The fraction of sp³-hybridized carbons (Fsp3) is 0.500. The Bertz CT molecular complexity index is 642. The monoisotopic (exact) mass is 288 g/mol. The third kappa shape index (κ3) is 3.01. The van der Waals surface area contributed by atoms with Crippen molar-refractivity contribution in [1.29, 1.82) is 0 Å². The summed E-state index contributed by atoms with van der Waals surface area (Å²) in [5.74, 6) is -0.106. The Kier molecular flexibility index (Phi) is 3.82. The van der Waals surface area contributed by atoms with Gasteiger partial charge in [-0.2, -0.15) is 4.98 Å². The summed E-state index contributed by atoms with van der Waals surface area (Å²) >= 11 is 0. The second kappa shape index (κ2) is 5.76. The van der Waals surface area contributed by atoms with Crippen molar-refractivity contribution >= 4 is 23.1 Å². The zero-order valence-corrected chi connectivity index (χ0v) is 12.1. The molecular weight excluding hydrogens is 268 g/mol. The molecule has 3 rings (SSSR count). The molecule has 1 aliphatic rings. The first-order valence-electron chi connectivity index (χ1n) is 7.56. The summed E-state index contributed by atoms with van der Waals surface area (Å²) in [6.07, 6.45) is 6.03. The third-order valence-corrected chi connectivity index (χ3v) is 4.39. The number of nitrogens with one attached hydrogen (secondary N) is 1. The number of nitrogens with zero attached hydrogens (tertiary/aromatic N) is 1. The molecule has 1 heterocycles. The molecule has 0 saturated heterocycles. The summed E-state index contributed by atoms with van der Waals surface area (Å²) in [7, 11) is 0. The van der Waals surface area contributed by atoms with Crippen molar-refractivity contribution < 1.29 is 14.3 Å². The largest absolute Gasteiger partial charge is 0.478 e. The molecule has 1 fully saturated rings. The van der Waals surface area contributed by atoms with Gasteiger partial charge in [0.15, 0.2) is 5.58 Å². The summed E-state index contributed by atoms with van der Waals surface area (Å²) in [6, 6.07) is 5.64. The van der Waals surface area contributed by atoms with E-state index in [1.54, 1.807) is 12.1 Å². The van der Waals surface area contributed by atoms with Crippen LogP contribution in [0.5, 0.6) is 0 Å². The van der Waals surface area contributed by atoms with Crippen LogP contribution in [0.3, 0.4) is 0 Å². The quantitative estimate of drug-likeness (QED) is 0.892. The van der Waals surface area contributed by atoms with E-state index in [1.807, 2.05) is 0 Å². The highest BCUT2D eigenvalue weighted by Gasteiger charge is 2.21. The molecule has 2 aromatic rings. The molecule has 112 valence electrons. The Balaban J connectivity index is 1.71. The molecule has 5 nitrogen and oxygen atoms in total. The number of anilines is 1. The Morgan fingerprint density at radius 2 is 2.14 bits per heavy atom. The molecule has 0 radical (unpaired) electrons. The minimum atomic E-state index is -0.958. The van der Waals surface area contributed by atoms with E-state index < -0.39 is 5.97 Å². The van der Waals surface area contributed by atoms with E-state index in [1.165, 1.54) is 25.3 Å². The van der Waals surface area contributed by atoms with Gasteiger partial charge in [-0.3, -0.25) is 0 Å². The molecule has 0 aliphatic heterocycles. The zero-order valence-electron chi connectivity index (χ0n) is 12.1. The molecule has 1 aromatic heterocycles. The van der Waals surface area contributed by atoms with Crippen molar-refractivity contribution in [3.8, 4) is 0 Å². The lowest BCUT2D eigenvalue weighted by Crippen LogP contribution is -2.25. The Labute approximate surface area is 123 Å². The molecular formula is C16H20N2O3. The molecule has 0 amide bonds. The van der Waals surface area contributed by atoms with Gasteiger partial charge in [-0.25, -0.2) is 4.79 Å². The molecule has 0 atom stereocenters. The highest BCUT2D eigenvalue weighted by molar-refractivity contribution is 5.92. The average molecular weight is 288 g/mol. The second-order valence-electron chi connectivity index (χ2n) is 5.78. The van der Waals surface area contributed by atoms with Gasteiger partial charge in [0, 0.05) is 6.04 Å². The molecule has 21 heavy (non-hydrogen) atoms. The van der Waals surface area contributed by atoms with E-state index in [9.17, 15) is 4.79 Å². The molecule has 1 aromatic carbocycles. The van der Waals surface area contributed by atoms with Gasteiger partial charge in [-0.1, -0.05) is 13.3 Å². The van der Waals surface area contributed by atoms with E-state index in [4.69, 9.17) is 9.52 Å². The van der Waals surface area contributed by atoms with Crippen LogP contribution in [0.25, 0.3) is 11.1 Å². The minimum Gasteiger partial charge on any atom is -0.478 e. The van der Waals surface area contributed by atoms with Crippen LogP contribution >= 0.6 is 0 Å². The molecule has 0 bridgehead atoms. The van der Waals surface area contributed by atoms with Crippen molar-refractivity contribution in [3.05, 3.63) is 23.8 Å². The number of carbonyl (C=O) groups is 1. The van der Waals surface area contributed by atoms with Crippen molar-refractivity contribution in [2.24, 2.45) is 5.92 Å². The number of aromatic nitrogens is 1. The van der Waals surface area contributed by atoms with Crippen LogP contribution in [0.1, 0.15) is 49.4 Å².